The Labute approximate surface area is 107 Å². The van der Waals surface area contributed by atoms with Crippen molar-refractivity contribution in [2.75, 3.05) is 13.7 Å². The molecule has 2 bridgehead atoms. The minimum Gasteiger partial charge on any atom is -0.396 e. The van der Waals surface area contributed by atoms with Gasteiger partial charge in [-0.05, 0) is 32.1 Å². The molecular weight excluding hydrogens is 236 g/mol. The monoisotopic (exact) mass is 258 g/mol. The molecule has 0 amide bonds. The Balaban J connectivity index is 1.99. The van der Waals surface area contributed by atoms with Crippen LogP contribution in [0.5, 0.6) is 0 Å². The number of rotatable bonds is 2. The third-order valence-electron chi connectivity index (χ3n) is 4.91. The van der Waals surface area contributed by atoms with Gasteiger partial charge in [0.05, 0.1) is 6.61 Å². The molecule has 4 aliphatic rings. The number of aliphatic hydroxyl groups is 1. The smallest absolute Gasteiger partial charge is 0.206 e. The molecule has 4 rings (SSSR count). The maximum atomic E-state index is 9.59. The number of hydrogen-bond acceptors (Lipinski definition) is 5. The Hall–Kier alpha value is -0.200. The molecule has 5 nitrogen and oxygen atoms in total. The first-order chi connectivity index (χ1) is 8.64. The van der Waals surface area contributed by atoms with Gasteiger partial charge in [0.2, 0.25) is 5.79 Å². The van der Waals surface area contributed by atoms with Gasteiger partial charge < -0.3 is 14.6 Å². The van der Waals surface area contributed by atoms with Gasteiger partial charge in [0.15, 0.2) is 11.9 Å². The molecule has 5 atom stereocenters. The van der Waals surface area contributed by atoms with E-state index in [1.54, 1.807) is 7.11 Å². The highest BCUT2D eigenvalue weighted by Crippen LogP contribution is 2.53. The van der Waals surface area contributed by atoms with Gasteiger partial charge in [0.25, 0.3) is 0 Å². The fourth-order valence-electron chi connectivity index (χ4n) is 3.72. The zero-order chi connectivity index (χ0) is 12.8. The van der Waals surface area contributed by atoms with E-state index in [1.165, 1.54) is 6.42 Å². The van der Waals surface area contributed by atoms with Crippen LogP contribution in [-0.4, -0.2) is 36.5 Å². The zero-order valence-electron chi connectivity index (χ0n) is 11.1. The Kier molecular flexibility index (Phi) is 3.15. The summed E-state index contributed by atoms with van der Waals surface area (Å²) in [4.78, 5) is 11.3. The molecule has 104 valence electrons. The molecule has 5 heteroatoms. The van der Waals surface area contributed by atoms with E-state index in [2.05, 4.69) is 0 Å². The summed E-state index contributed by atoms with van der Waals surface area (Å²) in [5.41, 5.74) is -0.490. The van der Waals surface area contributed by atoms with Gasteiger partial charge in [-0.2, -0.15) is 0 Å². The predicted octanol–water partition coefficient (Wildman–Crippen LogP) is 1.59. The van der Waals surface area contributed by atoms with Crippen molar-refractivity contribution in [2.24, 2.45) is 11.8 Å². The lowest BCUT2D eigenvalue weighted by molar-refractivity contribution is -0.554. The maximum absolute atomic E-state index is 9.59. The lowest BCUT2D eigenvalue weighted by atomic mass is 9.71. The fourth-order valence-corrected chi connectivity index (χ4v) is 3.72. The van der Waals surface area contributed by atoms with Crippen molar-refractivity contribution in [3.05, 3.63) is 0 Å². The number of fused-ring (bicyclic) bond motifs is 3. The summed E-state index contributed by atoms with van der Waals surface area (Å²) in [5, 5.41) is 9.59. The predicted molar refractivity (Wildman–Crippen MR) is 62.3 cm³/mol. The first-order valence-electron chi connectivity index (χ1n) is 6.83. The third kappa shape index (κ3) is 1.65. The summed E-state index contributed by atoms with van der Waals surface area (Å²) in [5.74, 6) is -0.641. The van der Waals surface area contributed by atoms with Crippen LogP contribution in [0, 0.1) is 11.8 Å². The van der Waals surface area contributed by atoms with E-state index in [9.17, 15) is 5.11 Å². The largest absolute Gasteiger partial charge is 0.396 e. The standard InChI is InChI=1S/C13H22O5/c1-12-10(8-14)7-9-5-3-4-6-13(9,18-17-12)11(15-2)16-12/h9-11,14H,3-8H2,1-2H3/t9-,10-,11+,12+,13?/m1/s1. The van der Waals surface area contributed by atoms with Crippen LogP contribution in [0.2, 0.25) is 0 Å². The van der Waals surface area contributed by atoms with Crippen LogP contribution in [0.1, 0.15) is 39.0 Å². The van der Waals surface area contributed by atoms with E-state index in [-0.39, 0.29) is 12.5 Å². The average molecular weight is 258 g/mol. The molecule has 1 aliphatic carbocycles. The highest BCUT2D eigenvalue weighted by atomic mass is 17.3. The van der Waals surface area contributed by atoms with E-state index in [0.29, 0.717) is 5.92 Å². The summed E-state index contributed by atoms with van der Waals surface area (Å²) in [7, 11) is 1.65. The van der Waals surface area contributed by atoms with Crippen LogP contribution in [0.15, 0.2) is 0 Å². The van der Waals surface area contributed by atoms with E-state index in [0.717, 1.165) is 25.7 Å². The lowest BCUT2D eigenvalue weighted by Gasteiger charge is -2.49. The number of hydrogen-bond donors (Lipinski definition) is 1. The number of aliphatic hydroxyl groups excluding tert-OH is 1. The summed E-state index contributed by atoms with van der Waals surface area (Å²) in [6, 6.07) is 0. The molecule has 0 aromatic heterocycles. The van der Waals surface area contributed by atoms with Gasteiger partial charge >= 0.3 is 0 Å². The number of methoxy groups -OCH3 is 1. The average Bonchev–Trinajstić information content (AvgIpc) is 2.59. The SMILES string of the molecule is CO[C@H]1O[C@@]2(C)OOC13CCCC[C@@H]3C[C@@H]2CO. The first kappa shape index (κ1) is 12.8. The highest BCUT2D eigenvalue weighted by Gasteiger charge is 2.62. The second-order valence-corrected chi connectivity index (χ2v) is 5.88. The summed E-state index contributed by atoms with van der Waals surface area (Å²) >= 11 is 0. The van der Waals surface area contributed by atoms with Crippen LogP contribution in [0.4, 0.5) is 0 Å². The molecule has 3 heterocycles. The molecule has 1 unspecified atom stereocenters. The van der Waals surface area contributed by atoms with Crippen molar-refractivity contribution in [2.45, 2.75) is 56.7 Å². The Morgan fingerprint density at radius 3 is 2.89 bits per heavy atom. The van der Waals surface area contributed by atoms with Crippen molar-refractivity contribution >= 4 is 0 Å². The van der Waals surface area contributed by atoms with Crippen molar-refractivity contribution in [1.29, 1.82) is 0 Å². The van der Waals surface area contributed by atoms with E-state index < -0.39 is 17.7 Å². The second-order valence-electron chi connectivity index (χ2n) is 5.88. The van der Waals surface area contributed by atoms with Gasteiger partial charge in [-0.1, -0.05) is 12.8 Å². The summed E-state index contributed by atoms with van der Waals surface area (Å²) in [6.07, 6.45) is 4.74. The van der Waals surface area contributed by atoms with E-state index >= 15 is 0 Å². The van der Waals surface area contributed by atoms with Crippen LogP contribution in [0.3, 0.4) is 0 Å². The van der Waals surface area contributed by atoms with Crippen LogP contribution >= 0.6 is 0 Å². The molecular formula is C13H22O5. The van der Waals surface area contributed by atoms with E-state index in [4.69, 9.17) is 19.2 Å². The first-order valence-corrected chi connectivity index (χ1v) is 6.83. The molecule has 0 aromatic carbocycles. The summed E-state index contributed by atoms with van der Waals surface area (Å²) < 4.78 is 11.5. The van der Waals surface area contributed by atoms with Crippen LogP contribution in [-0.2, 0) is 19.2 Å². The Morgan fingerprint density at radius 2 is 2.17 bits per heavy atom. The van der Waals surface area contributed by atoms with Crippen LogP contribution < -0.4 is 0 Å². The molecule has 0 radical (unpaired) electrons. The summed E-state index contributed by atoms with van der Waals surface area (Å²) in [6.45, 7) is 1.87. The molecule has 1 saturated carbocycles. The Bertz CT molecular complexity index is 323. The van der Waals surface area contributed by atoms with Gasteiger partial charge in [0.1, 0.15) is 0 Å². The Morgan fingerprint density at radius 1 is 1.33 bits per heavy atom. The van der Waals surface area contributed by atoms with Gasteiger partial charge in [-0.15, -0.1) is 0 Å². The zero-order valence-corrected chi connectivity index (χ0v) is 11.1. The third-order valence-corrected chi connectivity index (χ3v) is 4.91. The quantitative estimate of drug-likeness (QED) is 0.762. The normalized spacial score (nSPS) is 51.8. The maximum Gasteiger partial charge on any atom is 0.206 e. The molecule has 1 N–H and O–H groups in total. The van der Waals surface area contributed by atoms with E-state index in [1.807, 2.05) is 6.92 Å². The molecule has 0 aromatic rings. The van der Waals surface area contributed by atoms with Crippen molar-refractivity contribution in [3.63, 3.8) is 0 Å². The van der Waals surface area contributed by atoms with Gasteiger partial charge in [0, 0.05) is 13.0 Å². The minimum atomic E-state index is -0.905. The van der Waals surface area contributed by atoms with Crippen molar-refractivity contribution in [3.8, 4) is 0 Å². The molecule has 1 spiro atoms. The second kappa shape index (κ2) is 4.42. The van der Waals surface area contributed by atoms with Crippen molar-refractivity contribution in [1.82, 2.24) is 0 Å². The van der Waals surface area contributed by atoms with Crippen molar-refractivity contribution < 1.29 is 24.4 Å². The van der Waals surface area contributed by atoms with Gasteiger partial charge in [-0.3, -0.25) is 0 Å². The highest BCUT2D eigenvalue weighted by molar-refractivity contribution is 5.01. The minimum absolute atomic E-state index is 0.0445. The molecule has 3 aliphatic heterocycles. The van der Waals surface area contributed by atoms with Crippen LogP contribution in [0.25, 0.3) is 0 Å². The molecule has 4 fully saturated rings. The van der Waals surface area contributed by atoms with Gasteiger partial charge in [-0.25, -0.2) is 9.78 Å². The fraction of sp³-hybridized carbons (Fsp3) is 1.00. The molecule has 3 saturated heterocycles. The number of ether oxygens (including phenoxy) is 2. The lowest BCUT2D eigenvalue weighted by Crippen LogP contribution is -2.60. The topological polar surface area (TPSA) is 57.2 Å². The molecule has 18 heavy (non-hydrogen) atoms.